The first-order valence-corrected chi connectivity index (χ1v) is 8.65. The zero-order chi connectivity index (χ0) is 19.2. The Bertz CT molecular complexity index is 860. The van der Waals surface area contributed by atoms with Crippen molar-refractivity contribution in [3.05, 3.63) is 65.7 Å². The van der Waals surface area contributed by atoms with Crippen LogP contribution in [0.2, 0.25) is 0 Å². The molecule has 1 aliphatic rings. The van der Waals surface area contributed by atoms with Crippen molar-refractivity contribution >= 4 is 17.4 Å². The summed E-state index contributed by atoms with van der Waals surface area (Å²) < 4.78 is 10.0. The number of esters is 1. The number of nitrogens with zero attached hydrogens (tertiary/aromatic N) is 1. The SMILES string of the molecule is COc1ccc(C(=O)OCC(=O)N2CC=C(c3ccccc3)CC2)c(O)c1. The third-order valence-electron chi connectivity index (χ3n) is 4.46. The molecule has 1 heterocycles. The Morgan fingerprint density at radius 3 is 2.56 bits per heavy atom. The molecule has 1 N–H and O–H groups in total. The highest BCUT2D eigenvalue weighted by atomic mass is 16.5. The van der Waals surface area contributed by atoms with E-state index in [9.17, 15) is 14.7 Å². The maximum atomic E-state index is 12.3. The topological polar surface area (TPSA) is 76.1 Å². The molecule has 0 saturated heterocycles. The van der Waals surface area contributed by atoms with E-state index >= 15 is 0 Å². The second-order valence-electron chi connectivity index (χ2n) is 6.14. The standard InChI is InChI=1S/C21H21NO5/c1-26-17-7-8-18(19(23)13-17)21(25)27-14-20(24)22-11-9-16(10-12-22)15-5-3-2-4-6-15/h2-9,13,23H,10-12,14H2,1H3. The number of phenols is 1. The fourth-order valence-electron chi connectivity index (χ4n) is 2.92. The Morgan fingerprint density at radius 2 is 1.93 bits per heavy atom. The van der Waals surface area contributed by atoms with E-state index in [0.29, 0.717) is 18.8 Å². The van der Waals surface area contributed by atoms with Gasteiger partial charge in [-0.05, 0) is 29.7 Å². The zero-order valence-electron chi connectivity index (χ0n) is 15.1. The molecule has 3 rings (SSSR count). The normalized spacial score (nSPS) is 13.7. The number of hydrogen-bond donors (Lipinski definition) is 1. The van der Waals surface area contributed by atoms with Crippen LogP contribution >= 0.6 is 0 Å². The van der Waals surface area contributed by atoms with Gasteiger partial charge in [-0.1, -0.05) is 36.4 Å². The Labute approximate surface area is 157 Å². The van der Waals surface area contributed by atoms with E-state index in [0.717, 1.165) is 12.0 Å². The van der Waals surface area contributed by atoms with E-state index in [1.54, 1.807) is 11.0 Å². The molecular formula is C21H21NO5. The van der Waals surface area contributed by atoms with Gasteiger partial charge >= 0.3 is 5.97 Å². The summed E-state index contributed by atoms with van der Waals surface area (Å²) in [6.07, 6.45) is 2.77. The molecule has 0 spiro atoms. The van der Waals surface area contributed by atoms with Crippen molar-refractivity contribution < 1.29 is 24.2 Å². The minimum atomic E-state index is -0.749. The van der Waals surface area contributed by atoms with E-state index in [-0.39, 0.29) is 23.8 Å². The minimum absolute atomic E-state index is 0.00601. The van der Waals surface area contributed by atoms with Gasteiger partial charge in [0.25, 0.3) is 5.91 Å². The van der Waals surface area contributed by atoms with Crippen LogP contribution in [0.3, 0.4) is 0 Å². The number of rotatable bonds is 5. The lowest BCUT2D eigenvalue weighted by atomic mass is 10.00. The second-order valence-corrected chi connectivity index (χ2v) is 6.14. The molecular weight excluding hydrogens is 346 g/mol. The number of amides is 1. The number of aromatic hydroxyl groups is 1. The van der Waals surface area contributed by atoms with Crippen molar-refractivity contribution in [3.63, 3.8) is 0 Å². The number of hydrogen-bond acceptors (Lipinski definition) is 5. The molecule has 27 heavy (non-hydrogen) atoms. The molecule has 0 atom stereocenters. The molecule has 6 heteroatoms. The molecule has 140 valence electrons. The lowest BCUT2D eigenvalue weighted by Gasteiger charge is -2.26. The Kier molecular flexibility index (Phi) is 5.76. The van der Waals surface area contributed by atoms with E-state index in [1.807, 2.05) is 36.4 Å². The predicted molar refractivity (Wildman–Crippen MR) is 101 cm³/mol. The van der Waals surface area contributed by atoms with Crippen LogP contribution in [0.25, 0.3) is 5.57 Å². The molecule has 0 bridgehead atoms. The van der Waals surface area contributed by atoms with Crippen molar-refractivity contribution in [1.29, 1.82) is 0 Å². The Balaban J connectivity index is 1.54. The average Bonchev–Trinajstić information content (AvgIpc) is 2.72. The highest BCUT2D eigenvalue weighted by Crippen LogP contribution is 2.24. The van der Waals surface area contributed by atoms with E-state index < -0.39 is 5.97 Å². The summed E-state index contributed by atoms with van der Waals surface area (Å²) in [6.45, 7) is 0.693. The molecule has 2 aromatic rings. The fraction of sp³-hybridized carbons (Fsp3) is 0.238. The first-order valence-electron chi connectivity index (χ1n) is 8.65. The number of benzene rings is 2. The van der Waals surface area contributed by atoms with E-state index in [4.69, 9.17) is 9.47 Å². The molecule has 0 saturated carbocycles. The molecule has 1 aliphatic heterocycles. The van der Waals surface area contributed by atoms with Crippen LogP contribution < -0.4 is 4.74 Å². The van der Waals surface area contributed by atoms with Crippen LogP contribution in [0.4, 0.5) is 0 Å². The van der Waals surface area contributed by atoms with Gasteiger partial charge in [-0.25, -0.2) is 4.79 Å². The maximum Gasteiger partial charge on any atom is 0.342 e. The molecule has 0 aromatic heterocycles. The fourth-order valence-corrected chi connectivity index (χ4v) is 2.92. The minimum Gasteiger partial charge on any atom is -0.507 e. The van der Waals surface area contributed by atoms with E-state index in [2.05, 4.69) is 0 Å². The Hall–Kier alpha value is -3.28. The molecule has 0 aliphatic carbocycles. The van der Waals surface area contributed by atoms with Crippen molar-refractivity contribution in [2.45, 2.75) is 6.42 Å². The number of carbonyl (C=O) groups excluding carboxylic acids is 2. The quantitative estimate of drug-likeness (QED) is 0.823. The summed E-state index contributed by atoms with van der Waals surface area (Å²) in [6, 6.07) is 14.3. The van der Waals surface area contributed by atoms with Gasteiger partial charge in [0.15, 0.2) is 6.61 Å². The average molecular weight is 367 g/mol. The largest absolute Gasteiger partial charge is 0.507 e. The molecule has 0 radical (unpaired) electrons. The highest BCUT2D eigenvalue weighted by molar-refractivity contribution is 5.94. The molecule has 0 unspecified atom stereocenters. The predicted octanol–water partition coefficient (Wildman–Crippen LogP) is 2.87. The van der Waals surface area contributed by atoms with Crippen molar-refractivity contribution in [2.75, 3.05) is 26.8 Å². The van der Waals surface area contributed by atoms with Crippen LogP contribution in [0, 0.1) is 0 Å². The van der Waals surface area contributed by atoms with Crippen molar-refractivity contribution in [2.24, 2.45) is 0 Å². The second kappa shape index (κ2) is 8.40. The Morgan fingerprint density at radius 1 is 1.15 bits per heavy atom. The van der Waals surface area contributed by atoms with Gasteiger partial charge in [0, 0.05) is 19.2 Å². The summed E-state index contributed by atoms with van der Waals surface area (Å²) >= 11 is 0. The maximum absolute atomic E-state index is 12.3. The van der Waals surface area contributed by atoms with Crippen molar-refractivity contribution in [1.82, 2.24) is 4.90 Å². The molecule has 6 nitrogen and oxygen atoms in total. The third-order valence-corrected chi connectivity index (χ3v) is 4.46. The monoisotopic (exact) mass is 367 g/mol. The van der Waals surface area contributed by atoms with E-state index in [1.165, 1.54) is 24.8 Å². The summed E-state index contributed by atoms with van der Waals surface area (Å²) in [5.41, 5.74) is 2.36. The first kappa shape index (κ1) is 18.5. The van der Waals surface area contributed by atoms with Gasteiger partial charge in [0.1, 0.15) is 17.1 Å². The summed E-state index contributed by atoms with van der Waals surface area (Å²) in [4.78, 5) is 26.0. The van der Waals surface area contributed by atoms with Crippen LogP contribution in [-0.4, -0.2) is 48.7 Å². The number of carbonyl (C=O) groups is 2. The van der Waals surface area contributed by atoms with Crippen molar-refractivity contribution in [3.8, 4) is 11.5 Å². The number of phenolic OH excluding ortho intramolecular Hbond substituents is 1. The molecule has 2 aromatic carbocycles. The zero-order valence-corrected chi connectivity index (χ0v) is 15.1. The number of ether oxygens (including phenoxy) is 2. The highest BCUT2D eigenvalue weighted by Gasteiger charge is 2.20. The van der Waals surface area contributed by atoms with Gasteiger partial charge in [0.05, 0.1) is 7.11 Å². The van der Waals surface area contributed by atoms with Crippen LogP contribution in [-0.2, 0) is 9.53 Å². The van der Waals surface area contributed by atoms with Gasteiger partial charge in [-0.15, -0.1) is 0 Å². The van der Waals surface area contributed by atoms with Crippen LogP contribution in [0.15, 0.2) is 54.6 Å². The first-order chi connectivity index (χ1) is 13.1. The molecule has 1 amide bonds. The van der Waals surface area contributed by atoms with Gasteiger partial charge in [0.2, 0.25) is 0 Å². The third kappa shape index (κ3) is 4.47. The lowest BCUT2D eigenvalue weighted by molar-refractivity contribution is -0.134. The smallest absolute Gasteiger partial charge is 0.342 e. The number of methoxy groups -OCH3 is 1. The summed E-state index contributed by atoms with van der Waals surface area (Å²) in [7, 11) is 1.46. The van der Waals surface area contributed by atoms with Crippen LogP contribution in [0.5, 0.6) is 11.5 Å². The van der Waals surface area contributed by atoms with Gasteiger partial charge < -0.3 is 19.5 Å². The van der Waals surface area contributed by atoms with Crippen LogP contribution in [0.1, 0.15) is 22.3 Å². The lowest BCUT2D eigenvalue weighted by Crippen LogP contribution is -2.37. The summed E-state index contributed by atoms with van der Waals surface area (Å²) in [5, 5.41) is 9.86. The van der Waals surface area contributed by atoms with Gasteiger partial charge in [-0.3, -0.25) is 4.79 Å². The molecule has 0 fully saturated rings. The van der Waals surface area contributed by atoms with Gasteiger partial charge in [-0.2, -0.15) is 0 Å². The summed E-state index contributed by atoms with van der Waals surface area (Å²) in [5.74, 6) is -0.838.